The van der Waals surface area contributed by atoms with Crippen LogP contribution in [0, 0.1) is 5.92 Å². The van der Waals surface area contributed by atoms with Gasteiger partial charge < -0.3 is 4.90 Å². The lowest BCUT2D eigenvalue weighted by Gasteiger charge is -2.17. The fourth-order valence-corrected chi connectivity index (χ4v) is 2.90. The Morgan fingerprint density at radius 1 is 1.24 bits per heavy atom. The number of carbonyl (C=O) groups excluding carboxylic acids is 1. The summed E-state index contributed by atoms with van der Waals surface area (Å²) in [5.41, 5.74) is -1.38. The molecule has 0 aliphatic carbocycles. The van der Waals surface area contributed by atoms with E-state index in [0.717, 1.165) is 9.42 Å². The maximum absolute atomic E-state index is 13.2. The molecular formula is C19H27F5N4O. The van der Waals surface area contributed by atoms with E-state index in [-0.39, 0.29) is 30.9 Å². The topological polar surface area (TPSA) is 50.5 Å². The van der Waals surface area contributed by atoms with E-state index in [1.165, 1.54) is 24.8 Å². The SMILES string of the molecule is CC.CCC.O=C1CC(CC(F)F)CN1Cc1c(C(F)(F)F)nc2cccnn12. The molecule has 3 heterocycles. The molecule has 0 radical (unpaired) electrons. The van der Waals surface area contributed by atoms with E-state index in [4.69, 9.17) is 0 Å². The van der Waals surface area contributed by atoms with Crippen LogP contribution in [0.4, 0.5) is 22.0 Å². The molecule has 0 saturated carbocycles. The van der Waals surface area contributed by atoms with Crippen molar-refractivity contribution >= 4 is 11.6 Å². The number of rotatable bonds is 4. The van der Waals surface area contributed by atoms with Crippen molar-refractivity contribution < 1.29 is 26.7 Å². The van der Waals surface area contributed by atoms with Crippen LogP contribution in [0.3, 0.4) is 0 Å². The molecule has 2 aromatic rings. The molecule has 1 aliphatic rings. The van der Waals surface area contributed by atoms with Gasteiger partial charge in [0.2, 0.25) is 12.3 Å². The van der Waals surface area contributed by atoms with E-state index in [1.54, 1.807) is 0 Å². The van der Waals surface area contributed by atoms with Crippen LogP contribution in [-0.4, -0.2) is 38.4 Å². The van der Waals surface area contributed by atoms with Gasteiger partial charge in [0.05, 0.1) is 12.2 Å². The van der Waals surface area contributed by atoms with Gasteiger partial charge in [0.1, 0.15) is 0 Å². The first-order valence-electron chi connectivity index (χ1n) is 9.63. The maximum Gasteiger partial charge on any atom is 0.435 e. The number of aromatic nitrogens is 3. The number of halogens is 5. The van der Waals surface area contributed by atoms with Crippen LogP contribution >= 0.6 is 0 Å². The van der Waals surface area contributed by atoms with Gasteiger partial charge in [-0.1, -0.05) is 34.1 Å². The van der Waals surface area contributed by atoms with Gasteiger partial charge in [0.15, 0.2) is 11.3 Å². The van der Waals surface area contributed by atoms with Gasteiger partial charge in [-0.05, 0) is 18.1 Å². The van der Waals surface area contributed by atoms with Gasteiger partial charge in [0, 0.05) is 25.6 Å². The molecule has 0 N–H and O–H groups in total. The van der Waals surface area contributed by atoms with Gasteiger partial charge >= 0.3 is 6.18 Å². The lowest BCUT2D eigenvalue weighted by molar-refractivity contribution is -0.142. The standard InChI is InChI=1S/C14H13F5N4O.C3H8.C2H6/c15-10(16)4-8-5-12(24)22(6-8)7-9-13(14(17,18)19)21-11-2-1-3-20-23(9)11;1-3-2;1-2/h1-3,8,10H,4-7H2;3H2,1-2H3;1-2H3. The Hall–Kier alpha value is -2.26. The van der Waals surface area contributed by atoms with Crippen LogP contribution in [0.1, 0.15) is 58.3 Å². The van der Waals surface area contributed by atoms with Crippen LogP contribution in [-0.2, 0) is 17.5 Å². The van der Waals surface area contributed by atoms with Gasteiger partial charge in [-0.25, -0.2) is 18.3 Å². The second kappa shape index (κ2) is 11.1. The molecule has 0 aromatic carbocycles. The number of hydrogen-bond donors (Lipinski definition) is 0. The Morgan fingerprint density at radius 3 is 2.41 bits per heavy atom. The molecule has 1 saturated heterocycles. The number of carbonyl (C=O) groups is 1. The number of likely N-dealkylation sites (tertiary alicyclic amines) is 1. The molecule has 2 aromatic heterocycles. The van der Waals surface area contributed by atoms with Crippen molar-refractivity contribution in [3.05, 3.63) is 29.7 Å². The first-order valence-corrected chi connectivity index (χ1v) is 9.63. The van der Waals surface area contributed by atoms with Gasteiger partial charge in [-0.15, -0.1) is 0 Å². The second-order valence-corrected chi connectivity index (χ2v) is 6.38. The molecule has 0 bridgehead atoms. The van der Waals surface area contributed by atoms with Gasteiger partial charge in [0.25, 0.3) is 0 Å². The summed E-state index contributed by atoms with van der Waals surface area (Å²) in [5, 5.41) is 3.85. The predicted molar refractivity (Wildman–Crippen MR) is 99.4 cm³/mol. The Labute approximate surface area is 166 Å². The van der Waals surface area contributed by atoms with E-state index in [1.807, 2.05) is 13.8 Å². The van der Waals surface area contributed by atoms with E-state index < -0.39 is 36.5 Å². The van der Waals surface area contributed by atoms with Crippen molar-refractivity contribution in [2.24, 2.45) is 5.92 Å². The number of nitrogens with zero attached hydrogens (tertiary/aromatic N) is 4. The highest BCUT2D eigenvalue weighted by molar-refractivity contribution is 5.78. The van der Waals surface area contributed by atoms with Crippen LogP contribution in [0.5, 0.6) is 0 Å². The normalized spacial score (nSPS) is 16.6. The molecule has 1 atom stereocenters. The molecule has 1 aliphatic heterocycles. The largest absolute Gasteiger partial charge is 0.435 e. The molecule has 164 valence electrons. The number of amides is 1. The minimum atomic E-state index is -4.70. The predicted octanol–water partition coefficient (Wildman–Crippen LogP) is 5.19. The van der Waals surface area contributed by atoms with Crippen molar-refractivity contribution in [1.82, 2.24) is 19.5 Å². The molecule has 10 heteroatoms. The Morgan fingerprint density at radius 2 is 1.86 bits per heavy atom. The van der Waals surface area contributed by atoms with Crippen molar-refractivity contribution in [2.75, 3.05) is 6.54 Å². The quantitative estimate of drug-likeness (QED) is 0.637. The van der Waals surface area contributed by atoms with Crippen molar-refractivity contribution in [3.8, 4) is 0 Å². The fourth-order valence-electron chi connectivity index (χ4n) is 2.90. The highest BCUT2D eigenvalue weighted by Gasteiger charge is 2.40. The smallest absolute Gasteiger partial charge is 0.336 e. The van der Waals surface area contributed by atoms with Crippen molar-refractivity contribution in [3.63, 3.8) is 0 Å². The van der Waals surface area contributed by atoms with Gasteiger partial charge in [-0.3, -0.25) is 4.79 Å². The average Bonchev–Trinajstić information content (AvgIpc) is 3.18. The number of imidazole rings is 1. The van der Waals surface area contributed by atoms with Crippen LogP contribution < -0.4 is 0 Å². The molecule has 1 unspecified atom stereocenters. The Balaban J connectivity index is 0.000000771. The first-order chi connectivity index (χ1) is 13.7. The summed E-state index contributed by atoms with van der Waals surface area (Å²) in [7, 11) is 0. The number of hydrogen-bond acceptors (Lipinski definition) is 3. The highest BCUT2D eigenvalue weighted by atomic mass is 19.4. The molecule has 1 amide bonds. The molecular weight excluding hydrogens is 395 g/mol. The first kappa shape index (κ1) is 24.8. The summed E-state index contributed by atoms with van der Waals surface area (Å²) in [6, 6.07) is 2.82. The molecule has 1 fully saturated rings. The van der Waals surface area contributed by atoms with Crippen LogP contribution in [0.15, 0.2) is 18.3 Å². The minimum Gasteiger partial charge on any atom is -0.336 e. The maximum atomic E-state index is 13.2. The number of fused-ring (bicyclic) bond motifs is 1. The van der Waals surface area contributed by atoms with E-state index >= 15 is 0 Å². The minimum absolute atomic E-state index is 0.000533. The zero-order chi connectivity index (χ0) is 22.2. The van der Waals surface area contributed by atoms with Crippen LogP contribution in [0.2, 0.25) is 0 Å². The molecule has 0 spiro atoms. The van der Waals surface area contributed by atoms with E-state index in [9.17, 15) is 26.7 Å². The zero-order valence-electron chi connectivity index (χ0n) is 17.0. The number of alkyl halides is 5. The van der Waals surface area contributed by atoms with E-state index in [0.29, 0.717) is 0 Å². The molecule has 3 rings (SSSR count). The summed E-state index contributed by atoms with van der Waals surface area (Å²) in [6.07, 6.45) is -5.22. The summed E-state index contributed by atoms with van der Waals surface area (Å²) in [4.78, 5) is 16.6. The highest BCUT2D eigenvalue weighted by Crippen LogP contribution is 2.33. The average molecular weight is 422 g/mol. The summed E-state index contributed by atoms with van der Waals surface area (Å²) < 4.78 is 65.5. The lowest BCUT2D eigenvalue weighted by Crippen LogP contribution is -2.27. The zero-order valence-corrected chi connectivity index (χ0v) is 17.0. The summed E-state index contributed by atoms with van der Waals surface area (Å²) in [6.45, 7) is 7.88. The summed E-state index contributed by atoms with van der Waals surface area (Å²) in [5.74, 6) is -1.00. The molecule has 5 nitrogen and oxygen atoms in total. The third-order valence-corrected chi connectivity index (χ3v) is 3.90. The monoisotopic (exact) mass is 422 g/mol. The Kier molecular flexibility index (Phi) is 9.45. The lowest BCUT2D eigenvalue weighted by atomic mass is 10.1. The second-order valence-electron chi connectivity index (χ2n) is 6.38. The van der Waals surface area contributed by atoms with E-state index in [2.05, 4.69) is 23.9 Å². The molecule has 29 heavy (non-hydrogen) atoms. The third-order valence-electron chi connectivity index (χ3n) is 3.90. The van der Waals surface area contributed by atoms with Crippen LogP contribution in [0.25, 0.3) is 5.65 Å². The third kappa shape index (κ3) is 6.64. The summed E-state index contributed by atoms with van der Waals surface area (Å²) >= 11 is 0. The van der Waals surface area contributed by atoms with Gasteiger partial charge in [-0.2, -0.15) is 18.3 Å². The Bertz CT molecular complexity index is 776. The van der Waals surface area contributed by atoms with Crippen molar-refractivity contribution in [2.45, 2.75) is 66.1 Å². The fraction of sp³-hybridized carbons (Fsp3) is 0.632. The van der Waals surface area contributed by atoms with Crippen molar-refractivity contribution in [1.29, 1.82) is 0 Å².